The highest BCUT2D eigenvalue weighted by molar-refractivity contribution is 7.00. The van der Waals surface area contributed by atoms with Gasteiger partial charge in [0.2, 0.25) is 0 Å². The third kappa shape index (κ3) is 2.67. The number of rotatable bonds is 2. The van der Waals surface area contributed by atoms with Gasteiger partial charge in [0.15, 0.2) is 0 Å². The zero-order chi connectivity index (χ0) is 6.53. The maximum absolute atomic E-state index is 2.50. The molecule has 0 saturated heterocycles. The lowest BCUT2D eigenvalue weighted by atomic mass is 10.0. The summed E-state index contributed by atoms with van der Waals surface area (Å²) in [5.41, 5.74) is 1.30. The molecule has 2 heteroatoms. The van der Waals surface area contributed by atoms with Crippen LogP contribution in [0.2, 0.25) is 12.1 Å². The van der Waals surface area contributed by atoms with Crippen molar-refractivity contribution in [3.8, 4) is 0 Å². The van der Waals surface area contributed by atoms with Crippen LogP contribution in [-0.2, 0) is 0 Å². The Bertz CT molecular complexity index is 64.6. The van der Waals surface area contributed by atoms with E-state index in [1.165, 1.54) is 12.0 Å². The lowest BCUT2D eigenvalue weighted by molar-refractivity contribution is 0.503. The monoisotopic (exact) mass is 158 g/mol. The zero-order valence-corrected chi connectivity index (χ0v) is 9.36. The molecule has 1 aliphatic rings. The quantitative estimate of drug-likeness (QED) is 0.527. The van der Waals surface area contributed by atoms with Crippen molar-refractivity contribution < 1.29 is 0 Å². The highest BCUT2D eigenvalue weighted by Gasteiger charge is 2.11. The van der Waals surface area contributed by atoms with Crippen LogP contribution in [0.15, 0.2) is 0 Å². The highest BCUT2D eigenvalue weighted by atomic mass is 29.1. The minimum atomic E-state index is 0.508. The van der Waals surface area contributed by atoms with E-state index in [0.717, 1.165) is 0 Å². The molecule has 1 saturated carbocycles. The standard InChI is InChI=1S/C7H18Si2/c1-8-9-7-5-3-2-4-6-7/h7H,2-6,8-9H2,1H3. The molecule has 1 rings (SSSR count). The van der Waals surface area contributed by atoms with Crippen molar-refractivity contribution in [3.63, 3.8) is 0 Å². The van der Waals surface area contributed by atoms with E-state index >= 15 is 0 Å². The normalized spacial score (nSPS) is 25.0. The first kappa shape index (κ1) is 7.54. The van der Waals surface area contributed by atoms with E-state index in [9.17, 15) is 0 Å². The first-order valence-corrected chi connectivity index (χ1v) is 10.7. The molecule has 0 spiro atoms. The smallest absolute Gasteiger partial charge is 0.0115 e. The van der Waals surface area contributed by atoms with E-state index in [1.54, 1.807) is 25.7 Å². The van der Waals surface area contributed by atoms with E-state index < -0.39 is 0 Å². The van der Waals surface area contributed by atoms with Gasteiger partial charge in [-0.15, -0.1) is 0 Å². The fourth-order valence-corrected chi connectivity index (χ4v) is 8.04. The van der Waals surface area contributed by atoms with E-state index in [4.69, 9.17) is 0 Å². The van der Waals surface area contributed by atoms with Crippen LogP contribution in [-0.4, -0.2) is 18.1 Å². The largest absolute Gasteiger partial charge is 0.0771 e. The average Bonchev–Trinajstić information content (AvgIpc) is 1.91. The van der Waals surface area contributed by atoms with E-state index in [0.29, 0.717) is 18.1 Å². The molecular formula is C7H18Si2. The predicted octanol–water partition coefficient (Wildman–Crippen LogP) is 1.04. The summed E-state index contributed by atoms with van der Waals surface area (Å²) in [7, 11) is 1.02. The Balaban J connectivity index is 2.08. The van der Waals surface area contributed by atoms with Gasteiger partial charge in [-0.05, 0) is 0 Å². The number of hydrogen-bond acceptors (Lipinski definition) is 0. The van der Waals surface area contributed by atoms with Crippen LogP contribution >= 0.6 is 0 Å². The van der Waals surface area contributed by atoms with Crippen molar-refractivity contribution in [2.45, 2.75) is 44.2 Å². The van der Waals surface area contributed by atoms with Gasteiger partial charge in [-0.1, -0.05) is 44.2 Å². The molecule has 0 aromatic heterocycles. The molecule has 0 heterocycles. The molecule has 9 heavy (non-hydrogen) atoms. The molecule has 0 unspecified atom stereocenters. The molecule has 0 bridgehead atoms. The summed E-state index contributed by atoms with van der Waals surface area (Å²) in [6.45, 7) is 2.50. The van der Waals surface area contributed by atoms with Crippen molar-refractivity contribution in [1.82, 2.24) is 0 Å². The second kappa shape index (κ2) is 4.28. The summed E-state index contributed by atoms with van der Waals surface area (Å²) in [6.07, 6.45) is 7.90. The Labute approximate surface area is 62.9 Å². The summed E-state index contributed by atoms with van der Waals surface area (Å²) in [5.74, 6) is 0. The van der Waals surface area contributed by atoms with Crippen molar-refractivity contribution in [2.75, 3.05) is 0 Å². The zero-order valence-electron chi connectivity index (χ0n) is 6.53. The van der Waals surface area contributed by atoms with Gasteiger partial charge in [-0.25, -0.2) is 0 Å². The first-order chi connectivity index (χ1) is 4.43. The maximum atomic E-state index is 2.50. The molecule has 0 nitrogen and oxygen atoms in total. The van der Waals surface area contributed by atoms with Gasteiger partial charge in [-0.3, -0.25) is 0 Å². The van der Waals surface area contributed by atoms with Crippen LogP contribution in [0.3, 0.4) is 0 Å². The summed E-state index contributed by atoms with van der Waals surface area (Å²) >= 11 is 0. The van der Waals surface area contributed by atoms with Crippen LogP contribution in [0.25, 0.3) is 0 Å². The Morgan fingerprint density at radius 1 is 1.11 bits per heavy atom. The minimum absolute atomic E-state index is 0.508. The SMILES string of the molecule is C[SiH2][SiH2]C1CCCCC1. The molecule has 0 atom stereocenters. The fourth-order valence-electron chi connectivity index (χ4n) is 1.88. The topological polar surface area (TPSA) is 0 Å². The van der Waals surface area contributed by atoms with E-state index in [2.05, 4.69) is 6.55 Å². The Morgan fingerprint density at radius 2 is 1.78 bits per heavy atom. The Morgan fingerprint density at radius 3 is 2.33 bits per heavy atom. The van der Waals surface area contributed by atoms with Crippen LogP contribution in [0.4, 0.5) is 0 Å². The van der Waals surface area contributed by atoms with E-state index in [1.807, 2.05) is 0 Å². The van der Waals surface area contributed by atoms with Crippen LogP contribution in [0.1, 0.15) is 32.1 Å². The second-order valence-corrected chi connectivity index (χ2v) is 10.8. The van der Waals surface area contributed by atoms with Crippen LogP contribution < -0.4 is 0 Å². The van der Waals surface area contributed by atoms with Gasteiger partial charge in [0.25, 0.3) is 0 Å². The summed E-state index contributed by atoms with van der Waals surface area (Å²) in [4.78, 5) is 0. The van der Waals surface area contributed by atoms with Gasteiger partial charge in [-0.2, -0.15) is 0 Å². The maximum Gasteiger partial charge on any atom is 0.0115 e. The van der Waals surface area contributed by atoms with Crippen molar-refractivity contribution in [2.24, 2.45) is 0 Å². The molecule has 54 valence electrons. The molecule has 0 amide bonds. The van der Waals surface area contributed by atoms with Gasteiger partial charge in [0.1, 0.15) is 0 Å². The van der Waals surface area contributed by atoms with Gasteiger partial charge >= 0.3 is 0 Å². The lowest BCUT2D eigenvalue weighted by Crippen LogP contribution is -2.12. The predicted molar refractivity (Wildman–Crippen MR) is 49.8 cm³/mol. The molecule has 1 aliphatic carbocycles. The molecule has 0 N–H and O–H groups in total. The van der Waals surface area contributed by atoms with Crippen molar-refractivity contribution in [1.29, 1.82) is 0 Å². The molecular weight excluding hydrogens is 140 g/mol. The molecule has 0 aromatic rings. The molecule has 1 fully saturated rings. The fraction of sp³-hybridized carbons (Fsp3) is 1.00. The lowest BCUT2D eigenvalue weighted by Gasteiger charge is -2.19. The van der Waals surface area contributed by atoms with Crippen molar-refractivity contribution >= 4 is 18.1 Å². The first-order valence-electron chi connectivity index (χ1n) is 4.43. The number of hydrogen-bond donors (Lipinski definition) is 0. The summed E-state index contributed by atoms with van der Waals surface area (Å²) in [6, 6.07) is 0. The van der Waals surface area contributed by atoms with E-state index in [-0.39, 0.29) is 0 Å². The summed E-state index contributed by atoms with van der Waals surface area (Å²) in [5, 5.41) is 0. The summed E-state index contributed by atoms with van der Waals surface area (Å²) < 4.78 is 0. The van der Waals surface area contributed by atoms with Crippen molar-refractivity contribution in [3.05, 3.63) is 0 Å². The Kier molecular flexibility index (Phi) is 3.59. The highest BCUT2D eigenvalue weighted by Crippen LogP contribution is 2.26. The minimum Gasteiger partial charge on any atom is -0.0771 e. The average molecular weight is 158 g/mol. The molecule has 0 aliphatic heterocycles. The third-order valence-corrected chi connectivity index (χ3v) is 8.81. The van der Waals surface area contributed by atoms with Crippen LogP contribution in [0.5, 0.6) is 0 Å². The van der Waals surface area contributed by atoms with Crippen LogP contribution in [0, 0.1) is 0 Å². The molecule has 0 aromatic carbocycles. The van der Waals surface area contributed by atoms with Gasteiger partial charge in [0.05, 0.1) is 0 Å². The third-order valence-electron chi connectivity index (χ3n) is 2.42. The Hall–Kier alpha value is 0.434. The van der Waals surface area contributed by atoms with Gasteiger partial charge < -0.3 is 0 Å². The van der Waals surface area contributed by atoms with Gasteiger partial charge in [0, 0.05) is 18.1 Å². The second-order valence-electron chi connectivity index (χ2n) is 3.29. The molecule has 0 radical (unpaired) electrons.